The highest BCUT2D eigenvalue weighted by atomic mass is 16.8. The number of likely N-dealkylation sites (N-methyl/N-ethyl adjacent to an activating group) is 1. The summed E-state index contributed by atoms with van der Waals surface area (Å²) >= 11 is 0. The Morgan fingerprint density at radius 2 is 1.80 bits per heavy atom. The molecule has 3 N–H and O–H groups in total. The molecule has 0 spiro atoms. The summed E-state index contributed by atoms with van der Waals surface area (Å²) in [7, 11) is 9.05. The molecule has 4 aromatic rings. The second-order valence-corrected chi connectivity index (χ2v) is 21.3. The molecule has 0 unspecified atom stereocenters. The third kappa shape index (κ3) is 11.4. The summed E-state index contributed by atoms with van der Waals surface area (Å²) in [6, 6.07) is 13.1. The van der Waals surface area contributed by atoms with Crippen molar-refractivity contribution in [3.8, 4) is 40.0 Å². The number of nitrogens with zero attached hydrogens (tertiary/aromatic N) is 7. The highest BCUT2D eigenvalue weighted by Crippen LogP contribution is 2.42. The van der Waals surface area contributed by atoms with Gasteiger partial charge in [0.25, 0.3) is 11.8 Å². The number of nitrogens with one attached hydrogen (secondary N) is 2. The Morgan fingerprint density at radius 1 is 1.06 bits per heavy atom. The van der Waals surface area contributed by atoms with Crippen LogP contribution in [0, 0.1) is 34.0 Å². The molecule has 0 aliphatic carbocycles. The summed E-state index contributed by atoms with van der Waals surface area (Å²) in [6.07, 6.45) is 2.33. The van der Waals surface area contributed by atoms with E-state index in [1.54, 1.807) is 37.4 Å². The fourth-order valence-electron chi connectivity index (χ4n) is 9.95. The van der Waals surface area contributed by atoms with Gasteiger partial charge in [0.15, 0.2) is 6.61 Å². The summed E-state index contributed by atoms with van der Waals surface area (Å²) in [5.74, 6) is 3.15. The molecule has 3 aliphatic rings. The lowest BCUT2D eigenvalue weighted by Crippen LogP contribution is -2.62. The molecule has 17 nitrogen and oxygen atoms in total. The zero-order chi connectivity index (χ0) is 51.7. The number of phenolic OH excluding ortho intramolecular Hbond substituents is 1. The summed E-state index contributed by atoms with van der Waals surface area (Å²) in [5.41, 5.74) is 8.75. The van der Waals surface area contributed by atoms with Gasteiger partial charge in [-0.05, 0) is 125 Å². The minimum atomic E-state index is -1.19. The number of hydrogen-bond donors (Lipinski definition) is 3. The standard InChI is InChI=1S/C54H71N9O8/c1-33(2)48(60(11)51(67)37-20-24-61(31-37)46(65)19-21-54(6,7)58(8)9)50(66)56-43-27-35-25-38(28-39(64)26-35)36-17-18-44-41(29-36)42(49(59(44)10)40-15-13-22-55-47(40)34(3)70-12)30-53(4,5)32-71-63(69)45-16-14-23-62(57-45)52(43)68/h13,15,17-18,22,25-26,28-29,33-34,37,43,45,48,57H,14,16,20,23-24,27,30-32H2,1-12H3,(H-,56,64,66)/p+1/t34-,37-,43-,45+,48-/m0/s1. The van der Waals surface area contributed by atoms with Crippen molar-refractivity contribution in [3.05, 3.63) is 76.5 Å². The normalized spacial score (nSPS) is 20.5. The molecule has 3 aliphatic heterocycles. The van der Waals surface area contributed by atoms with E-state index in [1.165, 1.54) is 9.91 Å². The van der Waals surface area contributed by atoms with Gasteiger partial charge in [0.1, 0.15) is 17.8 Å². The number of benzene rings is 2. The molecule has 0 radical (unpaired) electrons. The lowest BCUT2D eigenvalue weighted by Gasteiger charge is -2.35. The van der Waals surface area contributed by atoms with Crippen LogP contribution in [0.5, 0.6) is 5.75 Å². The Kier molecular flexibility index (Phi) is 15.6. The first-order valence-electron chi connectivity index (χ1n) is 24.7. The number of hydrazine groups is 1. The molecule has 71 heavy (non-hydrogen) atoms. The van der Waals surface area contributed by atoms with Gasteiger partial charge in [-0.25, -0.2) is 4.84 Å². The molecule has 380 valence electrons. The highest BCUT2D eigenvalue weighted by molar-refractivity contribution is 5.97. The topological polar surface area (TPSA) is 182 Å². The number of amides is 4. The first-order chi connectivity index (χ1) is 33.5. The maximum absolute atomic E-state index is 14.8. The quantitative estimate of drug-likeness (QED) is 0.173. The van der Waals surface area contributed by atoms with Crippen molar-refractivity contribution in [1.29, 1.82) is 0 Å². The van der Waals surface area contributed by atoms with Gasteiger partial charge in [-0.15, -0.1) is 0 Å². The van der Waals surface area contributed by atoms with E-state index in [4.69, 9.17) is 14.6 Å². The number of pyridine rings is 1. The van der Waals surface area contributed by atoms with Crippen LogP contribution in [-0.2, 0) is 48.6 Å². The molecule has 0 saturated carbocycles. The number of phenols is 1. The average Bonchev–Trinajstić information content (AvgIpc) is 3.93. The molecule has 2 saturated heterocycles. The van der Waals surface area contributed by atoms with Crippen LogP contribution in [0.2, 0.25) is 0 Å². The number of hydrogen-bond acceptors (Lipinski definition) is 11. The molecule has 2 aromatic carbocycles. The van der Waals surface area contributed by atoms with Crippen LogP contribution in [-0.4, -0.2) is 141 Å². The number of likely N-dealkylation sites (tertiary alicyclic amines) is 1. The lowest BCUT2D eigenvalue weighted by atomic mass is 9.84. The average molecular weight is 975 g/mol. The second kappa shape index (κ2) is 21.2. The Labute approximate surface area is 417 Å². The van der Waals surface area contributed by atoms with E-state index in [0.29, 0.717) is 48.3 Å². The van der Waals surface area contributed by atoms with Gasteiger partial charge < -0.3 is 29.5 Å². The van der Waals surface area contributed by atoms with E-state index in [-0.39, 0.29) is 55.7 Å². The predicted molar refractivity (Wildman–Crippen MR) is 271 cm³/mol. The largest absolute Gasteiger partial charge is 0.508 e. The Balaban J connectivity index is 1.24. The Hall–Kier alpha value is -6.35. The minimum absolute atomic E-state index is 0.0228. The van der Waals surface area contributed by atoms with Crippen LogP contribution in [0.4, 0.5) is 0 Å². The van der Waals surface area contributed by atoms with Crippen LogP contribution in [0.15, 0.2) is 54.7 Å². The molecule has 2 fully saturated rings. The molecule has 6 bridgehead atoms. The van der Waals surface area contributed by atoms with Crippen LogP contribution in [0.1, 0.15) is 90.7 Å². The van der Waals surface area contributed by atoms with E-state index in [9.17, 15) is 29.2 Å². The number of aromatic nitrogens is 2. The zero-order valence-corrected chi connectivity index (χ0v) is 43.5. The molecule has 5 atom stereocenters. The molecule has 7 rings (SSSR count). The van der Waals surface area contributed by atoms with E-state index in [1.807, 2.05) is 84.9 Å². The summed E-state index contributed by atoms with van der Waals surface area (Å²) in [6.45, 7) is 14.4. The summed E-state index contributed by atoms with van der Waals surface area (Å²) in [4.78, 5) is 86.9. The summed E-state index contributed by atoms with van der Waals surface area (Å²) < 4.78 is 7.94. The number of ether oxygens (including phenoxy) is 1. The number of fused-ring (bicyclic) bond motifs is 6. The van der Waals surface area contributed by atoms with Crippen LogP contribution in [0.25, 0.3) is 33.3 Å². The number of carbonyl (C=O) groups is 4. The summed E-state index contributed by atoms with van der Waals surface area (Å²) in [5, 5.41) is 16.7. The number of aryl methyl sites for hydroxylation is 1. The van der Waals surface area contributed by atoms with Crippen LogP contribution in [0.3, 0.4) is 0 Å². The van der Waals surface area contributed by atoms with E-state index < -0.39 is 46.9 Å². The molecular weight excluding hydrogens is 903 g/mol. The monoisotopic (exact) mass is 975 g/mol. The van der Waals surface area contributed by atoms with Gasteiger partial charge in [0, 0.05) is 81.8 Å². The molecule has 4 amide bonds. The van der Waals surface area contributed by atoms with E-state index in [2.05, 4.69) is 53.1 Å². The fourth-order valence-corrected chi connectivity index (χ4v) is 9.95. The van der Waals surface area contributed by atoms with Gasteiger partial charge >= 0.3 is 6.17 Å². The van der Waals surface area contributed by atoms with Crippen molar-refractivity contribution in [3.63, 3.8) is 0 Å². The smallest absolute Gasteiger partial charge is 0.326 e. The van der Waals surface area contributed by atoms with Crippen molar-refractivity contribution >= 4 is 34.5 Å². The fraction of sp³-hybridized carbons (Fsp3) is 0.537. The molecular formula is C54H72N9O8+. The van der Waals surface area contributed by atoms with Gasteiger partial charge in [-0.3, -0.25) is 34.1 Å². The maximum atomic E-state index is 14.8. The maximum Gasteiger partial charge on any atom is 0.326 e. The van der Waals surface area contributed by atoms with Crippen molar-refractivity contribution in [2.75, 3.05) is 54.5 Å². The number of aromatic hydroxyl groups is 1. The number of methoxy groups -OCH3 is 1. The third-order valence-corrected chi connectivity index (χ3v) is 14.5. The lowest BCUT2D eigenvalue weighted by molar-refractivity contribution is -0.835. The van der Waals surface area contributed by atoms with Crippen LogP contribution >= 0.6 is 0 Å². The highest BCUT2D eigenvalue weighted by Gasteiger charge is 2.42. The Bertz CT molecular complexity index is 2750. The van der Waals surface area contributed by atoms with Gasteiger partial charge in [-0.1, -0.05) is 45.7 Å². The predicted octanol–water partition coefficient (Wildman–Crippen LogP) is 5.77. The van der Waals surface area contributed by atoms with Gasteiger partial charge in [-0.2, -0.15) is 5.43 Å². The molecule has 17 heteroatoms. The SMILES string of the molecule is CO[C@@H](C)c1ncccc1-c1c2c3cc(ccc3n1C)-c1cc(O)cc(c1)C[C@H](NC(=O)[C@H](C(C)C)N(C)C(=O)[C@H]1CCN(C(=O)C#CC(C)(C)N(C)C)C1)C(=O)N1CCC[C@H](N1)[N+](=O)OCC(C)(C)C2. The first kappa shape index (κ1) is 52.5. The molecule has 2 aromatic heterocycles. The Morgan fingerprint density at radius 3 is 2.51 bits per heavy atom. The third-order valence-electron chi connectivity index (χ3n) is 14.5. The van der Waals surface area contributed by atoms with Crippen molar-refractivity contribution in [2.45, 2.75) is 110 Å². The van der Waals surface area contributed by atoms with Gasteiger partial charge in [0.2, 0.25) is 16.7 Å². The van der Waals surface area contributed by atoms with Crippen molar-refractivity contribution < 1.29 is 38.8 Å². The van der Waals surface area contributed by atoms with Gasteiger partial charge in [0.05, 0.1) is 33.9 Å². The van der Waals surface area contributed by atoms with Crippen LogP contribution < -0.4 is 10.7 Å². The second-order valence-electron chi connectivity index (χ2n) is 21.3. The van der Waals surface area contributed by atoms with E-state index in [0.717, 1.165) is 39.0 Å². The minimum Gasteiger partial charge on any atom is -0.508 e. The molecule has 5 heterocycles. The van der Waals surface area contributed by atoms with Crippen molar-refractivity contribution in [1.82, 2.24) is 40.0 Å². The van der Waals surface area contributed by atoms with Crippen molar-refractivity contribution in [2.24, 2.45) is 24.3 Å². The van der Waals surface area contributed by atoms with E-state index >= 15 is 0 Å². The zero-order valence-electron chi connectivity index (χ0n) is 43.5. The number of rotatable bonds is 9. The first-order valence-corrected chi connectivity index (χ1v) is 24.7. The number of carbonyl (C=O) groups excluding carboxylic acids is 4.